The number of nitrogens with two attached hydrogens (primary N) is 1. The SMILES string of the molecule is CCC(NC(=O)Cc1ccccc1N)c1cccs1. The predicted molar refractivity (Wildman–Crippen MR) is 80.1 cm³/mol. The van der Waals surface area contributed by atoms with Crippen molar-refractivity contribution in [3.05, 3.63) is 52.2 Å². The van der Waals surface area contributed by atoms with Crippen molar-refractivity contribution in [2.45, 2.75) is 25.8 Å². The zero-order valence-electron chi connectivity index (χ0n) is 10.9. The molecule has 1 aromatic heterocycles. The summed E-state index contributed by atoms with van der Waals surface area (Å²) in [5.41, 5.74) is 7.39. The van der Waals surface area contributed by atoms with Crippen LogP contribution in [-0.4, -0.2) is 5.91 Å². The molecular weight excluding hydrogens is 256 g/mol. The van der Waals surface area contributed by atoms with Crippen LogP contribution in [0, 0.1) is 0 Å². The molecule has 2 aromatic rings. The lowest BCUT2D eigenvalue weighted by Crippen LogP contribution is -2.29. The van der Waals surface area contributed by atoms with E-state index in [4.69, 9.17) is 5.73 Å². The van der Waals surface area contributed by atoms with Crippen molar-refractivity contribution in [1.82, 2.24) is 5.32 Å². The number of nitrogen functional groups attached to an aromatic ring is 1. The van der Waals surface area contributed by atoms with Crippen molar-refractivity contribution in [1.29, 1.82) is 0 Å². The molecule has 1 unspecified atom stereocenters. The number of carbonyl (C=O) groups excluding carboxylic acids is 1. The third-order valence-corrected chi connectivity index (χ3v) is 4.02. The summed E-state index contributed by atoms with van der Waals surface area (Å²) in [4.78, 5) is 13.3. The van der Waals surface area contributed by atoms with Crippen molar-refractivity contribution < 1.29 is 4.79 Å². The summed E-state index contributed by atoms with van der Waals surface area (Å²) in [6.45, 7) is 2.07. The Kier molecular flexibility index (Phi) is 4.58. The number of para-hydroxylation sites is 1. The second-order valence-corrected chi connectivity index (χ2v) is 5.40. The van der Waals surface area contributed by atoms with E-state index in [1.54, 1.807) is 11.3 Å². The Morgan fingerprint density at radius 3 is 2.74 bits per heavy atom. The predicted octanol–water partition coefficient (Wildman–Crippen LogP) is 3.14. The molecule has 3 N–H and O–H groups in total. The zero-order valence-corrected chi connectivity index (χ0v) is 11.7. The van der Waals surface area contributed by atoms with Gasteiger partial charge in [-0.15, -0.1) is 11.3 Å². The Labute approximate surface area is 117 Å². The van der Waals surface area contributed by atoms with Crippen molar-refractivity contribution in [3.8, 4) is 0 Å². The van der Waals surface area contributed by atoms with Gasteiger partial charge in [-0.3, -0.25) is 4.79 Å². The van der Waals surface area contributed by atoms with Crippen LogP contribution in [0.4, 0.5) is 5.69 Å². The summed E-state index contributed by atoms with van der Waals surface area (Å²) >= 11 is 1.67. The summed E-state index contributed by atoms with van der Waals surface area (Å²) in [6, 6.07) is 11.6. The van der Waals surface area contributed by atoms with Crippen LogP contribution < -0.4 is 11.1 Å². The summed E-state index contributed by atoms with van der Waals surface area (Å²) in [5.74, 6) is 0.0122. The Morgan fingerprint density at radius 1 is 1.32 bits per heavy atom. The summed E-state index contributed by atoms with van der Waals surface area (Å²) in [7, 11) is 0. The fraction of sp³-hybridized carbons (Fsp3) is 0.267. The number of hydrogen-bond donors (Lipinski definition) is 2. The monoisotopic (exact) mass is 274 g/mol. The lowest BCUT2D eigenvalue weighted by Gasteiger charge is -2.15. The summed E-state index contributed by atoms with van der Waals surface area (Å²) < 4.78 is 0. The van der Waals surface area contributed by atoms with Crippen LogP contribution in [0.25, 0.3) is 0 Å². The van der Waals surface area contributed by atoms with E-state index in [-0.39, 0.29) is 11.9 Å². The van der Waals surface area contributed by atoms with Crippen LogP contribution in [0.2, 0.25) is 0 Å². The lowest BCUT2D eigenvalue weighted by molar-refractivity contribution is -0.121. The minimum absolute atomic E-state index is 0.0122. The summed E-state index contributed by atoms with van der Waals surface area (Å²) in [5, 5.41) is 5.09. The highest BCUT2D eigenvalue weighted by Crippen LogP contribution is 2.22. The van der Waals surface area contributed by atoms with E-state index in [1.165, 1.54) is 4.88 Å². The van der Waals surface area contributed by atoms with E-state index < -0.39 is 0 Å². The molecule has 1 atom stereocenters. The largest absolute Gasteiger partial charge is 0.398 e. The molecule has 0 saturated carbocycles. The number of rotatable bonds is 5. The van der Waals surface area contributed by atoms with Gasteiger partial charge in [0, 0.05) is 10.6 Å². The molecule has 0 aliphatic rings. The normalized spacial score (nSPS) is 12.1. The quantitative estimate of drug-likeness (QED) is 0.823. The summed E-state index contributed by atoms with van der Waals surface area (Å²) in [6.07, 6.45) is 1.21. The van der Waals surface area contributed by atoms with Gasteiger partial charge in [0.15, 0.2) is 0 Å². The molecule has 2 rings (SSSR count). The maximum atomic E-state index is 12.1. The first-order chi connectivity index (χ1) is 9.20. The van der Waals surface area contributed by atoms with E-state index in [9.17, 15) is 4.79 Å². The maximum absolute atomic E-state index is 12.1. The van der Waals surface area contributed by atoms with Crippen LogP contribution in [0.3, 0.4) is 0 Å². The molecule has 1 amide bonds. The number of nitrogens with one attached hydrogen (secondary N) is 1. The van der Waals surface area contributed by atoms with Gasteiger partial charge >= 0.3 is 0 Å². The topological polar surface area (TPSA) is 55.1 Å². The van der Waals surface area contributed by atoms with Crippen LogP contribution >= 0.6 is 11.3 Å². The molecule has 0 fully saturated rings. The van der Waals surface area contributed by atoms with Crippen LogP contribution in [0.5, 0.6) is 0 Å². The second-order valence-electron chi connectivity index (χ2n) is 4.42. The van der Waals surface area contributed by atoms with Gasteiger partial charge in [-0.25, -0.2) is 0 Å². The lowest BCUT2D eigenvalue weighted by atomic mass is 10.1. The molecule has 0 saturated heterocycles. The van der Waals surface area contributed by atoms with Crippen LogP contribution in [0.15, 0.2) is 41.8 Å². The van der Waals surface area contributed by atoms with Crippen molar-refractivity contribution >= 4 is 22.9 Å². The van der Waals surface area contributed by atoms with Crippen LogP contribution in [0.1, 0.15) is 29.8 Å². The number of carbonyl (C=O) groups is 1. The van der Waals surface area contributed by atoms with Gasteiger partial charge in [-0.1, -0.05) is 31.2 Å². The first kappa shape index (κ1) is 13.6. The molecule has 0 aliphatic heterocycles. The first-order valence-corrected chi connectivity index (χ1v) is 7.24. The number of amides is 1. The van der Waals surface area contributed by atoms with E-state index in [2.05, 4.69) is 18.3 Å². The highest BCUT2D eigenvalue weighted by molar-refractivity contribution is 7.10. The Hall–Kier alpha value is -1.81. The maximum Gasteiger partial charge on any atom is 0.225 e. The minimum atomic E-state index is 0.0122. The highest BCUT2D eigenvalue weighted by atomic mass is 32.1. The highest BCUT2D eigenvalue weighted by Gasteiger charge is 2.14. The second kappa shape index (κ2) is 6.38. The number of hydrogen-bond acceptors (Lipinski definition) is 3. The molecule has 0 radical (unpaired) electrons. The fourth-order valence-corrected chi connectivity index (χ4v) is 2.84. The zero-order chi connectivity index (χ0) is 13.7. The molecule has 0 spiro atoms. The molecule has 0 aliphatic carbocycles. The van der Waals surface area contributed by atoms with E-state index in [0.717, 1.165) is 12.0 Å². The van der Waals surface area contributed by atoms with E-state index in [0.29, 0.717) is 12.1 Å². The Balaban J connectivity index is 1.99. The number of anilines is 1. The molecule has 100 valence electrons. The molecule has 4 heteroatoms. The average molecular weight is 274 g/mol. The third-order valence-electron chi connectivity index (χ3n) is 3.04. The molecule has 1 aromatic carbocycles. The average Bonchev–Trinajstić information content (AvgIpc) is 2.92. The first-order valence-electron chi connectivity index (χ1n) is 6.37. The Morgan fingerprint density at radius 2 is 2.11 bits per heavy atom. The van der Waals surface area contributed by atoms with Crippen molar-refractivity contribution in [2.75, 3.05) is 5.73 Å². The van der Waals surface area contributed by atoms with Gasteiger partial charge in [0.25, 0.3) is 0 Å². The fourth-order valence-electron chi connectivity index (χ4n) is 1.98. The van der Waals surface area contributed by atoms with E-state index in [1.807, 2.05) is 35.7 Å². The van der Waals surface area contributed by atoms with Gasteiger partial charge < -0.3 is 11.1 Å². The standard InChI is InChI=1S/C15H18N2OS/c1-2-13(14-8-5-9-19-14)17-15(18)10-11-6-3-4-7-12(11)16/h3-9,13H,2,10,16H2,1H3,(H,17,18). The van der Waals surface area contributed by atoms with Gasteiger partial charge in [-0.2, -0.15) is 0 Å². The smallest absolute Gasteiger partial charge is 0.225 e. The molecule has 3 nitrogen and oxygen atoms in total. The number of benzene rings is 1. The molecular formula is C15H18N2OS. The van der Waals surface area contributed by atoms with Crippen molar-refractivity contribution in [3.63, 3.8) is 0 Å². The van der Waals surface area contributed by atoms with Gasteiger partial charge in [0.2, 0.25) is 5.91 Å². The Bertz CT molecular complexity index is 537. The van der Waals surface area contributed by atoms with E-state index >= 15 is 0 Å². The molecule has 0 bridgehead atoms. The minimum Gasteiger partial charge on any atom is -0.398 e. The molecule has 19 heavy (non-hydrogen) atoms. The molecule has 1 heterocycles. The van der Waals surface area contributed by atoms with Crippen LogP contribution in [-0.2, 0) is 11.2 Å². The van der Waals surface area contributed by atoms with Gasteiger partial charge in [-0.05, 0) is 29.5 Å². The van der Waals surface area contributed by atoms with Gasteiger partial charge in [0.05, 0.1) is 12.5 Å². The number of thiophene rings is 1. The van der Waals surface area contributed by atoms with Crippen molar-refractivity contribution in [2.24, 2.45) is 0 Å². The van der Waals surface area contributed by atoms with Gasteiger partial charge in [0.1, 0.15) is 0 Å². The third kappa shape index (κ3) is 3.58.